The van der Waals surface area contributed by atoms with E-state index in [1.807, 2.05) is 0 Å². The van der Waals surface area contributed by atoms with Crippen molar-refractivity contribution in [1.82, 2.24) is 0 Å². The molecule has 0 saturated carbocycles. The van der Waals surface area contributed by atoms with Gasteiger partial charge in [0.25, 0.3) is 0 Å². The third-order valence-corrected chi connectivity index (χ3v) is 16.3. The number of ether oxygens (including phenoxy) is 2. The molecule has 0 aliphatic carbocycles. The maximum atomic E-state index is 12.3. The van der Waals surface area contributed by atoms with Crippen LogP contribution in [-0.4, -0.2) is 36.4 Å². The molecule has 0 aliphatic heterocycles. The predicted octanol–water partition coefficient (Wildman–Crippen LogP) is 24.9. The smallest absolute Gasteiger partial charge is 0.306 e. The van der Waals surface area contributed by atoms with Crippen LogP contribution in [0.4, 0.5) is 0 Å². The van der Waals surface area contributed by atoms with E-state index >= 15 is 0 Å². The maximum Gasteiger partial charge on any atom is 0.306 e. The number of aliphatic hydroxyl groups is 1. The molecule has 5 heteroatoms. The Kier molecular flexibility index (Phi) is 68.7. The zero-order chi connectivity index (χ0) is 57.6. The van der Waals surface area contributed by atoms with Gasteiger partial charge in [-0.15, -0.1) is 0 Å². The molecule has 0 bridgehead atoms. The molecule has 0 fully saturated rings. The zero-order valence-electron chi connectivity index (χ0n) is 53.9. The molecule has 0 radical (unpaired) electrons. The van der Waals surface area contributed by atoms with E-state index in [2.05, 4.69) is 74.6 Å². The number of rotatable bonds is 67. The van der Waals surface area contributed by atoms with Crippen molar-refractivity contribution < 1.29 is 24.2 Å². The van der Waals surface area contributed by atoms with Crippen molar-refractivity contribution in [2.75, 3.05) is 13.2 Å². The van der Waals surface area contributed by atoms with E-state index in [0.717, 1.165) is 57.8 Å². The first-order valence-corrected chi connectivity index (χ1v) is 35.8. The average Bonchev–Trinajstić information content (AvgIpc) is 3.46. The van der Waals surface area contributed by atoms with Crippen molar-refractivity contribution in [2.24, 2.45) is 0 Å². The van der Waals surface area contributed by atoms with E-state index in [4.69, 9.17) is 9.47 Å². The second-order valence-electron chi connectivity index (χ2n) is 24.3. The minimum absolute atomic E-state index is 0.0642. The number of esters is 2. The highest BCUT2D eigenvalue weighted by Gasteiger charge is 2.16. The van der Waals surface area contributed by atoms with Gasteiger partial charge in [0, 0.05) is 12.8 Å². The third kappa shape index (κ3) is 68.1. The Morgan fingerprint density at radius 3 is 0.750 bits per heavy atom. The number of carbonyl (C=O) groups excluding carboxylic acids is 2. The molecule has 0 aromatic carbocycles. The second kappa shape index (κ2) is 70.9. The molecule has 0 aromatic rings. The van der Waals surface area contributed by atoms with Gasteiger partial charge in [-0.1, -0.05) is 351 Å². The number of unbranched alkanes of at least 4 members (excludes halogenated alkanes) is 49. The lowest BCUT2D eigenvalue weighted by Gasteiger charge is -2.15. The molecule has 5 nitrogen and oxygen atoms in total. The van der Waals surface area contributed by atoms with Gasteiger partial charge in [-0.25, -0.2) is 0 Å². The third-order valence-electron chi connectivity index (χ3n) is 16.3. The Hall–Kier alpha value is -2.40. The Labute approximate surface area is 500 Å². The van der Waals surface area contributed by atoms with Crippen LogP contribution in [0.2, 0.25) is 0 Å². The van der Waals surface area contributed by atoms with Crippen LogP contribution in [0.3, 0.4) is 0 Å². The van der Waals surface area contributed by atoms with Crippen molar-refractivity contribution in [3.8, 4) is 0 Å². The summed E-state index contributed by atoms with van der Waals surface area (Å²) in [6, 6.07) is 0. The van der Waals surface area contributed by atoms with Crippen LogP contribution in [0.1, 0.15) is 386 Å². The quantitative estimate of drug-likeness (QED) is 0.0373. The summed E-state index contributed by atoms with van der Waals surface area (Å²) in [5.74, 6) is -0.577. The summed E-state index contributed by atoms with van der Waals surface area (Å²) in [5, 5.41) is 9.70. The molecule has 0 saturated heterocycles. The summed E-state index contributed by atoms with van der Waals surface area (Å²) in [6.45, 7) is 4.16. The first-order valence-electron chi connectivity index (χ1n) is 35.8. The van der Waals surface area contributed by atoms with Crippen molar-refractivity contribution in [3.63, 3.8) is 0 Å². The second-order valence-corrected chi connectivity index (χ2v) is 24.3. The number of aliphatic hydroxyl groups excluding tert-OH is 1. The average molecular weight is 1120 g/mol. The van der Waals surface area contributed by atoms with Gasteiger partial charge in [-0.05, 0) is 83.5 Å². The van der Waals surface area contributed by atoms with Crippen molar-refractivity contribution in [3.05, 3.63) is 60.8 Å². The van der Waals surface area contributed by atoms with Crippen LogP contribution < -0.4 is 0 Å². The molecule has 80 heavy (non-hydrogen) atoms. The van der Waals surface area contributed by atoms with E-state index in [9.17, 15) is 14.7 Å². The first-order chi connectivity index (χ1) is 39.6. The van der Waals surface area contributed by atoms with Gasteiger partial charge >= 0.3 is 11.9 Å². The summed E-state index contributed by atoms with van der Waals surface area (Å²) >= 11 is 0. The summed E-state index contributed by atoms with van der Waals surface area (Å²) in [6.07, 6.45) is 97.0. The zero-order valence-corrected chi connectivity index (χ0v) is 53.9. The number of allylic oxidation sites excluding steroid dienone is 10. The van der Waals surface area contributed by atoms with E-state index in [1.165, 1.54) is 302 Å². The molecule has 468 valence electrons. The largest absolute Gasteiger partial charge is 0.462 e. The Morgan fingerprint density at radius 2 is 0.500 bits per heavy atom. The molecule has 1 atom stereocenters. The molecule has 0 rings (SSSR count). The van der Waals surface area contributed by atoms with E-state index in [1.54, 1.807) is 0 Å². The van der Waals surface area contributed by atoms with Gasteiger partial charge < -0.3 is 14.6 Å². The highest BCUT2D eigenvalue weighted by Crippen LogP contribution is 2.19. The number of carbonyl (C=O) groups is 2. The summed E-state index contributed by atoms with van der Waals surface area (Å²) in [7, 11) is 0. The molecule has 0 amide bonds. The molecule has 0 aliphatic rings. The summed E-state index contributed by atoms with van der Waals surface area (Å²) < 4.78 is 10.8. The summed E-state index contributed by atoms with van der Waals surface area (Å²) in [5.41, 5.74) is 0. The topological polar surface area (TPSA) is 72.8 Å². The number of hydrogen-bond acceptors (Lipinski definition) is 5. The Balaban J connectivity index is 3.39. The number of hydrogen-bond donors (Lipinski definition) is 1. The lowest BCUT2D eigenvalue weighted by Crippen LogP contribution is -2.28. The van der Waals surface area contributed by atoms with Crippen LogP contribution in [-0.2, 0) is 19.1 Å². The monoisotopic (exact) mass is 1120 g/mol. The summed E-state index contributed by atoms with van der Waals surface area (Å²) in [4.78, 5) is 24.6. The van der Waals surface area contributed by atoms with Gasteiger partial charge in [-0.2, -0.15) is 0 Å². The van der Waals surface area contributed by atoms with Gasteiger partial charge in [0.1, 0.15) is 6.61 Å². The standard InChI is InChI=1S/C75H138O5/c1-3-5-7-9-11-13-15-17-19-21-23-25-27-29-30-31-32-33-34-35-36-37-38-39-40-41-42-43-44-46-47-49-51-53-55-57-59-61-63-65-67-69-74(77)79-72-73(71-76)80-75(78)70-68-66-64-62-60-58-56-54-52-50-48-45-28-26-24-22-20-18-16-14-12-10-8-6-4-2/h15-18,21-24,28,45,73,76H,3-14,19-20,25-27,29-44,46-72H2,1-2H3/b17-15-,18-16-,23-21-,24-22-,45-28-. The molecule has 1 unspecified atom stereocenters. The van der Waals surface area contributed by atoms with E-state index in [0.29, 0.717) is 12.8 Å². The van der Waals surface area contributed by atoms with Crippen LogP contribution in [0.15, 0.2) is 60.8 Å². The fourth-order valence-electron chi connectivity index (χ4n) is 10.9. The molecule has 0 spiro atoms. The van der Waals surface area contributed by atoms with Gasteiger partial charge in [0.05, 0.1) is 6.61 Å². The fraction of sp³-hybridized carbons (Fsp3) is 0.840. The molecular weight excluding hydrogens is 981 g/mol. The predicted molar refractivity (Wildman–Crippen MR) is 353 cm³/mol. The fourth-order valence-corrected chi connectivity index (χ4v) is 10.9. The maximum absolute atomic E-state index is 12.3. The van der Waals surface area contributed by atoms with E-state index < -0.39 is 6.10 Å². The van der Waals surface area contributed by atoms with Crippen LogP contribution >= 0.6 is 0 Å². The Bertz CT molecular complexity index is 1360. The van der Waals surface area contributed by atoms with Crippen molar-refractivity contribution in [1.29, 1.82) is 0 Å². The van der Waals surface area contributed by atoms with Crippen LogP contribution in [0.25, 0.3) is 0 Å². The minimum atomic E-state index is -0.775. The SMILES string of the molecule is CCCCCCC/C=C\C/C=C\C/C=C\CCCCCCCCCCCCC(=O)OC(CO)COC(=O)CCCCCCCCCCCCCCCCCCCCCCCCCCCCCCC/C=C\C/C=C\CCCCCCC. The minimum Gasteiger partial charge on any atom is -0.462 e. The first kappa shape index (κ1) is 77.6. The van der Waals surface area contributed by atoms with Crippen molar-refractivity contribution in [2.45, 2.75) is 392 Å². The van der Waals surface area contributed by atoms with Gasteiger partial charge in [0.2, 0.25) is 0 Å². The molecule has 1 N–H and O–H groups in total. The molecule has 0 heterocycles. The normalized spacial score (nSPS) is 12.5. The van der Waals surface area contributed by atoms with Crippen LogP contribution in [0, 0.1) is 0 Å². The lowest BCUT2D eigenvalue weighted by atomic mass is 10.0. The van der Waals surface area contributed by atoms with Crippen LogP contribution in [0.5, 0.6) is 0 Å². The highest BCUT2D eigenvalue weighted by molar-refractivity contribution is 5.70. The molecule has 0 aromatic heterocycles. The Morgan fingerprint density at radius 1 is 0.287 bits per heavy atom. The highest BCUT2D eigenvalue weighted by atomic mass is 16.6. The van der Waals surface area contributed by atoms with Gasteiger partial charge in [0.15, 0.2) is 6.10 Å². The van der Waals surface area contributed by atoms with Gasteiger partial charge in [-0.3, -0.25) is 9.59 Å². The van der Waals surface area contributed by atoms with E-state index in [-0.39, 0.29) is 25.2 Å². The van der Waals surface area contributed by atoms with Crippen molar-refractivity contribution >= 4 is 11.9 Å². The lowest BCUT2D eigenvalue weighted by molar-refractivity contribution is -0.161. The molecular formula is C75H138O5.